The van der Waals surface area contributed by atoms with Crippen LogP contribution in [0.2, 0.25) is 0 Å². The van der Waals surface area contributed by atoms with Gasteiger partial charge in [0.1, 0.15) is 0 Å². The molecule has 0 amide bonds. The van der Waals surface area contributed by atoms with Crippen LogP contribution >= 0.6 is 0 Å². The van der Waals surface area contributed by atoms with Crippen LogP contribution in [0.25, 0.3) is 0 Å². The van der Waals surface area contributed by atoms with E-state index in [1.807, 2.05) is 7.05 Å². The van der Waals surface area contributed by atoms with Gasteiger partial charge < -0.3 is 5.32 Å². The number of aryl methyl sites for hydroxylation is 1. The van der Waals surface area contributed by atoms with Crippen LogP contribution in [0, 0.1) is 12.3 Å². The summed E-state index contributed by atoms with van der Waals surface area (Å²) in [5, 5.41) is 3.42. The summed E-state index contributed by atoms with van der Waals surface area (Å²) in [6, 6.07) is 9.16. The quantitative estimate of drug-likeness (QED) is 0.799. The van der Waals surface area contributed by atoms with Crippen molar-refractivity contribution in [1.82, 2.24) is 5.32 Å². The monoisotopic (exact) mass is 205 g/mol. The third-order valence-corrected chi connectivity index (χ3v) is 3.08. The lowest BCUT2D eigenvalue weighted by molar-refractivity contribution is 0.279. The molecule has 0 spiro atoms. The van der Waals surface area contributed by atoms with Crippen molar-refractivity contribution >= 4 is 0 Å². The smallest absolute Gasteiger partial charge is 0.0153 e. The lowest BCUT2D eigenvalue weighted by Gasteiger charge is -2.31. The van der Waals surface area contributed by atoms with E-state index in [9.17, 15) is 0 Å². The third kappa shape index (κ3) is 3.35. The Labute approximate surface area is 93.9 Å². The number of likely N-dealkylation sites (N-methyl/N-ethyl adjacent to an activating group) is 1. The van der Waals surface area contributed by atoms with Crippen molar-refractivity contribution in [1.29, 1.82) is 0 Å². The number of hydrogen-bond donors (Lipinski definition) is 1. The maximum absolute atomic E-state index is 3.42. The summed E-state index contributed by atoms with van der Waals surface area (Å²) in [4.78, 5) is 0. The highest BCUT2D eigenvalue weighted by atomic mass is 14.9. The van der Waals surface area contributed by atoms with Crippen molar-refractivity contribution in [2.45, 2.75) is 40.2 Å². The Morgan fingerprint density at radius 3 is 2.27 bits per heavy atom. The van der Waals surface area contributed by atoms with Gasteiger partial charge in [0.2, 0.25) is 0 Å². The lowest BCUT2D eigenvalue weighted by Crippen LogP contribution is -2.39. The Bertz CT molecular complexity index is 309. The molecule has 0 fully saturated rings. The Morgan fingerprint density at radius 2 is 1.80 bits per heavy atom. The Morgan fingerprint density at radius 1 is 1.20 bits per heavy atom. The van der Waals surface area contributed by atoms with Crippen LogP contribution in [0.3, 0.4) is 0 Å². The predicted octanol–water partition coefficient (Wildman–Crippen LogP) is 3.17. The molecular formula is C14H23N. The number of benzene rings is 1. The van der Waals surface area contributed by atoms with Gasteiger partial charge in [-0.05, 0) is 36.9 Å². The number of nitrogens with one attached hydrogen (secondary N) is 1. The van der Waals surface area contributed by atoms with Gasteiger partial charge in [-0.1, -0.05) is 45.0 Å². The molecule has 1 nitrogen and oxygen atoms in total. The molecule has 0 radical (unpaired) electrons. The Balaban J connectivity index is 2.80. The highest BCUT2D eigenvalue weighted by molar-refractivity contribution is 5.26. The standard InChI is InChI=1S/C14H23N/c1-11-8-6-7-9-12(11)10-13(15-5)14(2,3)4/h6-9,13,15H,10H2,1-5H3. The predicted molar refractivity (Wildman–Crippen MR) is 67.2 cm³/mol. The topological polar surface area (TPSA) is 12.0 Å². The minimum atomic E-state index is 0.303. The SMILES string of the molecule is CNC(Cc1ccccc1C)C(C)(C)C. The minimum absolute atomic E-state index is 0.303. The maximum atomic E-state index is 3.42. The minimum Gasteiger partial charge on any atom is -0.316 e. The molecule has 84 valence electrons. The molecule has 0 aromatic heterocycles. The van der Waals surface area contributed by atoms with E-state index in [2.05, 4.69) is 57.3 Å². The molecule has 1 atom stereocenters. The molecule has 0 aliphatic rings. The van der Waals surface area contributed by atoms with Crippen LogP contribution in [0.1, 0.15) is 31.9 Å². The van der Waals surface area contributed by atoms with Gasteiger partial charge in [-0.3, -0.25) is 0 Å². The molecule has 1 aromatic carbocycles. The van der Waals surface area contributed by atoms with Crippen LogP contribution in [0.5, 0.6) is 0 Å². The van der Waals surface area contributed by atoms with Gasteiger partial charge in [-0.15, -0.1) is 0 Å². The lowest BCUT2D eigenvalue weighted by atomic mass is 9.82. The first-order valence-electron chi connectivity index (χ1n) is 5.67. The largest absolute Gasteiger partial charge is 0.316 e. The van der Waals surface area contributed by atoms with Crippen molar-refractivity contribution in [3.8, 4) is 0 Å². The van der Waals surface area contributed by atoms with Crippen LogP contribution < -0.4 is 5.32 Å². The summed E-state index contributed by atoms with van der Waals surface area (Å²) in [5.41, 5.74) is 3.14. The van der Waals surface area contributed by atoms with Crippen LogP contribution in [-0.2, 0) is 6.42 Å². The van der Waals surface area contributed by atoms with Crippen molar-refractivity contribution in [3.63, 3.8) is 0 Å². The van der Waals surface area contributed by atoms with Gasteiger partial charge >= 0.3 is 0 Å². The van der Waals surface area contributed by atoms with Crippen LogP contribution in [0.4, 0.5) is 0 Å². The van der Waals surface area contributed by atoms with E-state index in [1.54, 1.807) is 0 Å². The zero-order chi connectivity index (χ0) is 11.5. The molecule has 0 saturated carbocycles. The summed E-state index contributed by atoms with van der Waals surface area (Å²) < 4.78 is 0. The zero-order valence-electron chi connectivity index (χ0n) is 10.6. The van der Waals surface area contributed by atoms with E-state index < -0.39 is 0 Å². The Kier molecular flexibility index (Phi) is 3.92. The van der Waals surface area contributed by atoms with Crippen LogP contribution in [-0.4, -0.2) is 13.1 Å². The van der Waals surface area contributed by atoms with Crippen molar-refractivity contribution < 1.29 is 0 Å². The first-order valence-corrected chi connectivity index (χ1v) is 5.67. The fourth-order valence-electron chi connectivity index (χ4n) is 1.90. The average Bonchev–Trinajstić information content (AvgIpc) is 2.14. The van der Waals surface area contributed by atoms with E-state index in [0.29, 0.717) is 11.5 Å². The summed E-state index contributed by atoms with van der Waals surface area (Å²) in [5.74, 6) is 0. The van der Waals surface area contributed by atoms with Gasteiger partial charge in [0, 0.05) is 6.04 Å². The van der Waals surface area contributed by atoms with Gasteiger partial charge in [-0.2, -0.15) is 0 Å². The van der Waals surface area contributed by atoms with E-state index in [4.69, 9.17) is 0 Å². The molecule has 1 N–H and O–H groups in total. The summed E-state index contributed by atoms with van der Waals surface area (Å²) in [6.45, 7) is 9.04. The van der Waals surface area contributed by atoms with Crippen LogP contribution in [0.15, 0.2) is 24.3 Å². The second-order valence-electron chi connectivity index (χ2n) is 5.34. The normalized spacial score (nSPS) is 13.9. The van der Waals surface area contributed by atoms with E-state index >= 15 is 0 Å². The highest BCUT2D eigenvalue weighted by Crippen LogP contribution is 2.23. The van der Waals surface area contributed by atoms with E-state index in [1.165, 1.54) is 11.1 Å². The summed E-state index contributed by atoms with van der Waals surface area (Å²) in [7, 11) is 2.05. The fourth-order valence-corrected chi connectivity index (χ4v) is 1.90. The first-order chi connectivity index (χ1) is 6.95. The highest BCUT2D eigenvalue weighted by Gasteiger charge is 2.23. The van der Waals surface area contributed by atoms with Gasteiger partial charge in [0.25, 0.3) is 0 Å². The Hall–Kier alpha value is -0.820. The second-order valence-corrected chi connectivity index (χ2v) is 5.34. The average molecular weight is 205 g/mol. The van der Waals surface area contributed by atoms with Crippen molar-refractivity contribution in [3.05, 3.63) is 35.4 Å². The molecule has 1 rings (SSSR count). The first kappa shape index (κ1) is 12.3. The van der Waals surface area contributed by atoms with E-state index in [-0.39, 0.29) is 0 Å². The molecule has 1 unspecified atom stereocenters. The summed E-state index contributed by atoms with van der Waals surface area (Å²) >= 11 is 0. The molecule has 0 aliphatic heterocycles. The number of hydrogen-bond acceptors (Lipinski definition) is 1. The molecule has 15 heavy (non-hydrogen) atoms. The van der Waals surface area contributed by atoms with Gasteiger partial charge in [-0.25, -0.2) is 0 Å². The van der Waals surface area contributed by atoms with Gasteiger partial charge in [0.05, 0.1) is 0 Å². The fraction of sp³-hybridized carbons (Fsp3) is 0.571. The van der Waals surface area contributed by atoms with E-state index in [0.717, 1.165) is 6.42 Å². The summed E-state index contributed by atoms with van der Waals surface area (Å²) in [6.07, 6.45) is 1.10. The molecule has 0 saturated heterocycles. The second kappa shape index (κ2) is 4.80. The molecule has 0 heterocycles. The zero-order valence-corrected chi connectivity index (χ0v) is 10.6. The molecule has 1 heteroatoms. The van der Waals surface area contributed by atoms with Crippen molar-refractivity contribution in [2.75, 3.05) is 7.05 Å². The molecule has 1 aromatic rings. The maximum Gasteiger partial charge on any atom is 0.0153 e. The van der Waals surface area contributed by atoms with Gasteiger partial charge in [0.15, 0.2) is 0 Å². The van der Waals surface area contributed by atoms with Crippen molar-refractivity contribution in [2.24, 2.45) is 5.41 Å². The molecule has 0 aliphatic carbocycles. The number of rotatable bonds is 3. The molecular weight excluding hydrogens is 182 g/mol. The third-order valence-electron chi connectivity index (χ3n) is 3.08. The molecule has 0 bridgehead atoms.